The summed E-state index contributed by atoms with van der Waals surface area (Å²) >= 11 is 0. The van der Waals surface area contributed by atoms with Crippen LogP contribution < -0.4 is 4.57 Å². The highest BCUT2D eigenvalue weighted by molar-refractivity contribution is 5.91. The van der Waals surface area contributed by atoms with Gasteiger partial charge in [-0.2, -0.15) is 0 Å². The van der Waals surface area contributed by atoms with Crippen LogP contribution in [0, 0.1) is 0 Å². The van der Waals surface area contributed by atoms with E-state index in [1.54, 1.807) is 18.6 Å². The zero-order valence-corrected chi connectivity index (χ0v) is 10.5. The third-order valence-corrected chi connectivity index (χ3v) is 3.95. The summed E-state index contributed by atoms with van der Waals surface area (Å²) in [6, 6.07) is 3.87. The molecular weight excluding hydrogens is 250 g/mol. The van der Waals surface area contributed by atoms with Crippen LogP contribution in [0.4, 0.5) is 0 Å². The standard InChI is InChI=1S/C15H12N5/c1-18-14-11-7-16-5-6-19(11)9-12(14)20-8-10-3-2-4-17-13(10)15(18)20/h2-7,9H,8H2,1H3/q+1/i1D3. The van der Waals surface area contributed by atoms with E-state index in [1.807, 2.05) is 33.5 Å². The SMILES string of the molecule is [2H]C([2H])([2H])[n+]1c2n(c3cn4ccncc4c31)Cc1cccnc1-2. The molecule has 4 aromatic heterocycles. The van der Waals surface area contributed by atoms with Gasteiger partial charge in [-0.05, 0) is 6.07 Å². The zero-order valence-electron chi connectivity index (χ0n) is 13.5. The minimum atomic E-state index is -2.30. The van der Waals surface area contributed by atoms with Gasteiger partial charge in [0, 0.05) is 24.2 Å². The number of nitrogens with zero attached hydrogens (tertiary/aromatic N) is 5. The van der Waals surface area contributed by atoms with Gasteiger partial charge < -0.3 is 4.40 Å². The van der Waals surface area contributed by atoms with Gasteiger partial charge in [-0.3, -0.25) is 4.98 Å². The minimum absolute atomic E-state index is 0.627. The maximum absolute atomic E-state index is 8.02. The molecule has 5 heterocycles. The van der Waals surface area contributed by atoms with Crippen molar-refractivity contribution in [2.24, 2.45) is 6.98 Å². The lowest BCUT2D eigenvalue weighted by Crippen LogP contribution is -2.29. The number of hydrogen-bond donors (Lipinski definition) is 0. The normalized spacial score (nSPS) is 15.9. The fraction of sp³-hybridized carbons (Fsp3) is 0.133. The first kappa shape index (κ1) is 7.79. The quantitative estimate of drug-likeness (QED) is 0.398. The summed E-state index contributed by atoms with van der Waals surface area (Å²) in [5.41, 5.74) is 4.10. The van der Waals surface area contributed by atoms with Crippen molar-refractivity contribution in [1.29, 1.82) is 0 Å². The second-order valence-corrected chi connectivity index (χ2v) is 4.99. The van der Waals surface area contributed by atoms with Crippen LogP contribution in [0.3, 0.4) is 0 Å². The van der Waals surface area contributed by atoms with Crippen LogP contribution in [0.1, 0.15) is 9.68 Å². The molecule has 4 aromatic rings. The Morgan fingerprint density at radius 2 is 2.35 bits per heavy atom. The topological polar surface area (TPSA) is 39.0 Å². The van der Waals surface area contributed by atoms with E-state index in [0.717, 1.165) is 22.3 Å². The van der Waals surface area contributed by atoms with Crippen LogP contribution in [0.25, 0.3) is 28.1 Å². The molecule has 0 unspecified atom stereocenters. The Hall–Kier alpha value is -2.69. The fourth-order valence-electron chi connectivity index (χ4n) is 3.09. The van der Waals surface area contributed by atoms with E-state index in [2.05, 4.69) is 9.97 Å². The molecule has 1 aliphatic heterocycles. The Morgan fingerprint density at radius 1 is 1.35 bits per heavy atom. The molecular formula is C15H12N5+. The van der Waals surface area contributed by atoms with Gasteiger partial charge >= 0.3 is 5.82 Å². The highest BCUT2D eigenvalue weighted by atomic mass is 15.2. The van der Waals surface area contributed by atoms with Crippen LogP contribution in [-0.2, 0) is 13.5 Å². The Kier molecular flexibility index (Phi) is 1.27. The van der Waals surface area contributed by atoms with Gasteiger partial charge in [0.2, 0.25) is 5.52 Å². The summed E-state index contributed by atoms with van der Waals surface area (Å²) in [7, 11) is 0. The summed E-state index contributed by atoms with van der Waals surface area (Å²) < 4.78 is 29.4. The first-order chi connectivity index (χ1) is 11.1. The molecule has 0 saturated heterocycles. The molecule has 0 aliphatic carbocycles. The molecule has 0 aromatic carbocycles. The molecule has 0 atom stereocenters. The first-order valence-corrected chi connectivity index (χ1v) is 6.39. The smallest absolute Gasteiger partial charge is 0.309 e. The monoisotopic (exact) mass is 265 g/mol. The van der Waals surface area contributed by atoms with E-state index in [9.17, 15) is 0 Å². The first-order valence-electron chi connectivity index (χ1n) is 7.89. The molecule has 0 saturated carbocycles. The molecule has 20 heavy (non-hydrogen) atoms. The van der Waals surface area contributed by atoms with Gasteiger partial charge in [-0.15, -0.1) is 0 Å². The number of fused-ring (bicyclic) bond motifs is 7. The Morgan fingerprint density at radius 3 is 3.30 bits per heavy atom. The van der Waals surface area contributed by atoms with Crippen molar-refractivity contribution < 1.29 is 8.68 Å². The molecule has 5 rings (SSSR count). The largest absolute Gasteiger partial charge is 0.313 e. The molecule has 0 radical (unpaired) electrons. The maximum Gasteiger partial charge on any atom is 0.309 e. The van der Waals surface area contributed by atoms with E-state index >= 15 is 0 Å². The summed E-state index contributed by atoms with van der Waals surface area (Å²) in [5.74, 6) is 0.636. The van der Waals surface area contributed by atoms with Crippen LogP contribution in [-0.4, -0.2) is 18.9 Å². The Labute approximate surface area is 119 Å². The number of hydrogen-bond acceptors (Lipinski definition) is 2. The number of rotatable bonds is 0. The highest BCUT2D eigenvalue weighted by Gasteiger charge is 2.35. The number of imidazole rings is 1. The third kappa shape index (κ3) is 1.02. The molecule has 0 spiro atoms. The maximum atomic E-state index is 8.02. The van der Waals surface area contributed by atoms with Gasteiger partial charge in [0.1, 0.15) is 12.1 Å². The lowest BCUT2D eigenvalue weighted by molar-refractivity contribution is -0.633. The molecule has 5 heteroatoms. The van der Waals surface area contributed by atoms with E-state index in [4.69, 9.17) is 4.11 Å². The van der Waals surface area contributed by atoms with Crippen molar-refractivity contribution in [3.63, 3.8) is 0 Å². The van der Waals surface area contributed by atoms with Gasteiger partial charge in [0.05, 0.1) is 23.5 Å². The fourth-order valence-corrected chi connectivity index (χ4v) is 3.09. The summed E-state index contributed by atoms with van der Waals surface area (Å²) in [6.07, 6.45) is 8.85. The van der Waals surface area contributed by atoms with Gasteiger partial charge in [-0.25, -0.2) is 14.1 Å². The van der Waals surface area contributed by atoms with E-state index < -0.39 is 6.98 Å². The van der Waals surface area contributed by atoms with Crippen molar-refractivity contribution in [2.45, 2.75) is 6.54 Å². The average Bonchev–Trinajstić information content (AvgIpc) is 3.13. The van der Waals surface area contributed by atoms with Gasteiger partial charge in [0.25, 0.3) is 0 Å². The number of aryl methyl sites for hydroxylation is 1. The molecule has 0 bridgehead atoms. The second kappa shape index (κ2) is 3.25. The lowest BCUT2D eigenvalue weighted by atomic mass is 10.2. The average molecular weight is 265 g/mol. The second-order valence-electron chi connectivity index (χ2n) is 4.99. The Bertz CT molecular complexity index is 1090. The summed E-state index contributed by atoms with van der Waals surface area (Å²) in [4.78, 5) is 8.56. The van der Waals surface area contributed by atoms with Crippen molar-refractivity contribution in [1.82, 2.24) is 18.9 Å². The van der Waals surface area contributed by atoms with E-state index in [1.165, 1.54) is 4.57 Å². The zero-order chi connectivity index (χ0) is 15.8. The summed E-state index contributed by atoms with van der Waals surface area (Å²) in [5, 5.41) is 0. The predicted molar refractivity (Wildman–Crippen MR) is 74.2 cm³/mol. The predicted octanol–water partition coefficient (Wildman–Crippen LogP) is 1.54. The molecule has 96 valence electrons. The Balaban J connectivity index is 2.01. The molecule has 0 N–H and O–H groups in total. The molecule has 0 fully saturated rings. The number of pyridine rings is 1. The van der Waals surface area contributed by atoms with E-state index in [-0.39, 0.29) is 0 Å². The van der Waals surface area contributed by atoms with Crippen LogP contribution >= 0.6 is 0 Å². The van der Waals surface area contributed by atoms with Crippen molar-refractivity contribution >= 4 is 16.6 Å². The minimum Gasteiger partial charge on any atom is -0.313 e. The lowest BCUT2D eigenvalue weighted by Gasteiger charge is -1.95. The molecule has 5 nitrogen and oxygen atoms in total. The highest BCUT2D eigenvalue weighted by Crippen LogP contribution is 2.33. The van der Waals surface area contributed by atoms with Crippen molar-refractivity contribution in [3.05, 3.63) is 48.7 Å². The van der Waals surface area contributed by atoms with Crippen molar-refractivity contribution in [3.8, 4) is 11.5 Å². The van der Waals surface area contributed by atoms with Gasteiger partial charge in [-0.1, -0.05) is 6.07 Å². The van der Waals surface area contributed by atoms with Crippen molar-refractivity contribution in [2.75, 3.05) is 0 Å². The molecule has 0 amide bonds. The third-order valence-electron chi connectivity index (χ3n) is 3.95. The summed E-state index contributed by atoms with van der Waals surface area (Å²) in [6.45, 7) is -1.67. The van der Waals surface area contributed by atoms with E-state index in [0.29, 0.717) is 17.9 Å². The molecule has 1 aliphatic rings. The van der Waals surface area contributed by atoms with Crippen LogP contribution in [0.5, 0.6) is 0 Å². The van der Waals surface area contributed by atoms with Crippen LogP contribution in [0.2, 0.25) is 0 Å². The van der Waals surface area contributed by atoms with Crippen LogP contribution in [0.15, 0.2) is 43.1 Å². The van der Waals surface area contributed by atoms with Gasteiger partial charge in [0.15, 0.2) is 11.2 Å². The number of aromatic nitrogens is 5.